The Hall–Kier alpha value is -3.06. The lowest BCUT2D eigenvalue weighted by molar-refractivity contribution is 0.406. The van der Waals surface area contributed by atoms with Gasteiger partial charge in [0.1, 0.15) is 29.0 Å². The molecule has 3 N–H and O–H groups in total. The molecule has 0 amide bonds. The van der Waals surface area contributed by atoms with Gasteiger partial charge in [-0.2, -0.15) is 0 Å². The summed E-state index contributed by atoms with van der Waals surface area (Å²) < 4.78 is 18.7. The van der Waals surface area contributed by atoms with Crippen molar-refractivity contribution in [1.29, 1.82) is 5.41 Å². The number of aliphatic hydroxyl groups is 1. The van der Waals surface area contributed by atoms with Gasteiger partial charge in [-0.25, -0.2) is 9.37 Å². The molecule has 4 rings (SSSR count). The molecule has 0 radical (unpaired) electrons. The van der Waals surface area contributed by atoms with E-state index in [0.717, 1.165) is 0 Å². The molecule has 0 unspecified atom stereocenters. The average Bonchev–Trinajstić information content (AvgIpc) is 3.14. The number of nitrogens with one attached hydrogen (secondary N) is 2. The molecule has 0 saturated carbocycles. The lowest BCUT2D eigenvalue weighted by atomic mass is 10.2. The van der Waals surface area contributed by atoms with Gasteiger partial charge in [0.05, 0.1) is 35.9 Å². The van der Waals surface area contributed by atoms with Gasteiger partial charge in [-0.15, -0.1) is 0 Å². The third-order valence-corrected chi connectivity index (χ3v) is 4.45. The number of hydrogen-bond donors (Lipinski definition) is 3. The van der Waals surface area contributed by atoms with Gasteiger partial charge in [0.25, 0.3) is 0 Å². The minimum Gasteiger partial charge on any atom is -0.509 e. The second-order valence-electron chi connectivity index (χ2n) is 5.82. The van der Waals surface area contributed by atoms with Gasteiger partial charge < -0.3 is 19.7 Å². The Labute approximate surface area is 153 Å². The standard InChI is InChI=1S/C18H14ClFN4O2/c1-26-15-5-2-9(19)6-13(15)24-8-14(25)16(17(24)21)18-22-11-4-3-10(20)7-12(11)23-18/h2-7,21,25H,8H2,1H3,(H,22,23). The molecule has 26 heavy (non-hydrogen) atoms. The highest BCUT2D eigenvalue weighted by Crippen LogP contribution is 2.37. The maximum atomic E-state index is 13.4. The van der Waals surface area contributed by atoms with Crippen LogP contribution in [-0.4, -0.2) is 34.6 Å². The fourth-order valence-corrected chi connectivity index (χ4v) is 3.17. The number of anilines is 1. The molecule has 132 valence electrons. The Morgan fingerprint density at radius 3 is 2.88 bits per heavy atom. The quantitative estimate of drug-likeness (QED) is 0.645. The van der Waals surface area contributed by atoms with Crippen molar-refractivity contribution in [2.24, 2.45) is 0 Å². The molecule has 0 bridgehead atoms. The van der Waals surface area contributed by atoms with E-state index in [1.165, 1.54) is 19.2 Å². The highest BCUT2D eigenvalue weighted by Gasteiger charge is 2.32. The summed E-state index contributed by atoms with van der Waals surface area (Å²) in [6.07, 6.45) is 0. The summed E-state index contributed by atoms with van der Waals surface area (Å²) in [7, 11) is 1.52. The van der Waals surface area contributed by atoms with Gasteiger partial charge in [0.2, 0.25) is 0 Å². The first-order valence-corrected chi connectivity index (χ1v) is 8.13. The van der Waals surface area contributed by atoms with E-state index in [-0.39, 0.29) is 23.7 Å². The number of hydrogen-bond acceptors (Lipinski definition) is 4. The molecule has 0 atom stereocenters. The predicted molar refractivity (Wildman–Crippen MR) is 98.7 cm³/mol. The molecule has 3 aromatic rings. The fraction of sp³-hybridized carbons (Fsp3) is 0.111. The van der Waals surface area contributed by atoms with E-state index in [0.29, 0.717) is 33.3 Å². The summed E-state index contributed by atoms with van der Waals surface area (Å²) in [6, 6.07) is 9.22. The Bertz CT molecular complexity index is 1080. The number of fused-ring (bicyclic) bond motifs is 1. The van der Waals surface area contributed by atoms with Crippen LogP contribution in [0.3, 0.4) is 0 Å². The Kier molecular flexibility index (Phi) is 3.81. The van der Waals surface area contributed by atoms with Crippen LogP contribution >= 0.6 is 11.6 Å². The molecule has 0 saturated heterocycles. The van der Waals surface area contributed by atoms with Crippen LogP contribution in [0, 0.1) is 11.2 Å². The van der Waals surface area contributed by atoms with Crippen LogP contribution in [-0.2, 0) is 0 Å². The molecule has 1 aromatic heterocycles. The van der Waals surface area contributed by atoms with Crippen LogP contribution in [0.25, 0.3) is 16.6 Å². The van der Waals surface area contributed by atoms with Crippen LogP contribution in [0.2, 0.25) is 5.02 Å². The lowest BCUT2D eigenvalue weighted by Crippen LogP contribution is -2.26. The van der Waals surface area contributed by atoms with Gasteiger partial charge in [0, 0.05) is 5.02 Å². The monoisotopic (exact) mass is 372 g/mol. The second kappa shape index (κ2) is 6.03. The van der Waals surface area contributed by atoms with Gasteiger partial charge >= 0.3 is 0 Å². The molecule has 0 fully saturated rings. The Morgan fingerprint density at radius 1 is 1.31 bits per heavy atom. The first-order chi connectivity index (χ1) is 12.5. The van der Waals surface area contributed by atoms with Crippen LogP contribution < -0.4 is 9.64 Å². The van der Waals surface area contributed by atoms with Crippen molar-refractivity contribution >= 4 is 39.7 Å². The summed E-state index contributed by atoms with van der Waals surface area (Å²) in [4.78, 5) is 8.89. The van der Waals surface area contributed by atoms with E-state index >= 15 is 0 Å². The van der Waals surface area contributed by atoms with Crippen LogP contribution in [0.5, 0.6) is 5.75 Å². The molecule has 8 heteroatoms. The molecule has 1 aliphatic heterocycles. The van der Waals surface area contributed by atoms with Crippen molar-refractivity contribution in [3.63, 3.8) is 0 Å². The number of aliphatic hydroxyl groups excluding tert-OH is 1. The molecule has 2 heterocycles. The number of H-pyrrole nitrogens is 1. The second-order valence-corrected chi connectivity index (χ2v) is 6.26. The van der Waals surface area contributed by atoms with E-state index in [4.69, 9.17) is 21.7 Å². The normalized spacial score (nSPS) is 14.6. The van der Waals surface area contributed by atoms with Crippen molar-refractivity contribution in [2.75, 3.05) is 18.6 Å². The maximum Gasteiger partial charge on any atom is 0.145 e. The zero-order chi connectivity index (χ0) is 18.4. The molecule has 6 nitrogen and oxygen atoms in total. The number of rotatable bonds is 3. The largest absolute Gasteiger partial charge is 0.509 e. The molecule has 1 aliphatic rings. The van der Waals surface area contributed by atoms with Gasteiger partial charge in [-0.1, -0.05) is 11.6 Å². The highest BCUT2D eigenvalue weighted by atomic mass is 35.5. The summed E-state index contributed by atoms with van der Waals surface area (Å²) in [5, 5.41) is 19.4. The number of nitrogens with zero attached hydrogens (tertiary/aromatic N) is 2. The zero-order valence-corrected chi connectivity index (χ0v) is 14.4. The van der Waals surface area contributed by atoms with Crippen LogP contribution in [0.1, 0.15) is 5.82 Å². The van der Waals surface area contributed by atoms with Crippen molar-refractivity contribution in [3.8, 4) is 5.75 Å². The first kappa shape index (κ1) is 16.4. The number of benzene rings is 2. The maximum absolute atomic E-state index is 13.4. The zero-order valence-electron chi connectivity index (χ0n) is 13.7. The average molecular weight is 373 g/mol. The van der Waals surface area contributed by atoms with Gasteiger partial charge in [-0.05, 0) is 36.4 Å². The van der Waals surface area contributed by atoms with Gasteiger partial charge in [0.15, 0.2) is 0 Å². The van der Waals surface area contributed by atoms with E-state index < -0.39 is 5.82 Å². The van der Waals surface area contributed by atoms with Crippen LogP contribution in [0.15, 0.2) is 42.2 Å². The number of ether oxygens (including phenoxy) is 1. The van der Waals surface area contributed by atoms with Crippen molar-refractivity contribution in [1.82, 2.24) is 9.97 Å². The Morgan fingerprint density at radius 2 is 2.12 bits per heavy atom. The first-order valence-electron chi connectivity index (χ1n) is 7.75. The summed E-state index contributed by atoms with van der Waals surface area (Å²) in [5.74, 6) is 0.466. The van der Waals surface area contributed by atoms with Crippen molar-refractivity contribution in [3.05, 3.63) is 58.8 Å². The third-order valence-electron chi connectivity index (χ3n) is 4.22. The number of methoxy groups -OCH3 is 1. The highest BCUT2D eigenvalue weighted by molar-refractivity contribution is 6.32. The summed E-state index contributed by atoms with van der Waals surface area (Å²) in [6.45, 7) is 0.0796. The SMILES string of the molecule is COc1ccc(Cl)cc1N1CC(O)=C(c2nc3ccc(F)cc3[nH]2)C1=N. The molecule has 2 aromatic carbocycles. The van der Waals surface area contributed by atoms with E-state index in [2.05, 4.69) is 9.97 Å². The van der Waals surface area contributed by atoms with E-state index in [1.54, 1.807) is 29.2 Å². The number of halogens is 2. The van der Waals surface area contributed by atoms with E-state index in [1.807, 2.05) is 0 Å². The number of imidazole rings is 1. The number of aromatic amines is 1. The van der Waals surface area contributed by atoms with E-state index in [9.17, 15) is 9.50 Å². The third kappa shape index (κ3) is 2.57. The minimum atomic E-state index is -0.391. The van der Waals surface area contributed by atoms with Gasteiger partial charge in [-0.3, -0.25) is 5.41 Å². The number of aromatic nitrogens is 2. The van der Waals surface area contributed by atoms with Crippen LogP contribution in [0.4, 0.5) is 10.1 Å². The molecule has 0 aliphatic carbocycles. The Balaban J connectivity index is 1.76. The summed E-state index contributed by atoms with van der Waals surface area (Å²) >= 11 is 6.08. The minimum absolute atomic E-state index is 0.0171. The molecule has 0 spiro atoms. The summed E-state index contributed by atoms with van der Waals surface area (Å²) in [5.41, 5.74) is 1.86. The lowest BCUT2D eigenvalue weighted by Gasteiger charge is -2.21. The topological polar surface area (TPSA) is 85.2 Å². The van der Waals surface area contributed by atoms with Crippen molar-refractivity contribution < 1.29 is 14.2 Å². The fourth-order valence-electron chi connectivity index (χ4n) is 3.01. The predicted octanol–water partition coefficient (Wildman–Crippen LogP) is 4.13. The van der Waals surface area contributed by atoms with Crippen molar-refractivity contribution in [2.45, 2.75) is 0 Å². The number of amidine groups is 1. The molecular weight excluding hydrogens is 359 g/mol. The molecular formula is C18H14ClFN4O2. The smallest absolute Gasteiger partial charge is 0.145 e.